The molecule has 134 valence electrons. The van der Waals surface area contributed by atoms with Crippen LogP contribution in [-0.4, -0.2) is 13.3 Å². The van der Waals surface area contributed by atoms with Crippen molar-refractivity contribution in [1.29, 1.82) is 0 Å². The van der Waals surface area contributed by atoms with Crippen molar-refractivity contribution >= 4 is 17.1 Å². The van der Waals surface area contributed by atoms with Crippen molar-refractivity contribution in [2.45, 2.75) is 20.8 Å². The zero-order valence-corrected chi connectivity index (χ0v) is 14.9. The average Bonchev–Trinajstić information content (AvgIpc) is 2.61. The van der Waals surface area contributed by atoms with Gasteiger partial charge in [0.15, 0.2) is 0 Å². The highest BCUT2D eigenvalue weighted by molar-refractivity contribution is 5.80. The molecule has 0 saturated heterocycles. The van der Waals surface area contributed by atoms with Crippen LogP contribution in [0.3, 0.4) is 0 Å². The summed E-state index contributed by atoms with van der Waals surface area (Å²) in [6, 6.07) is 8.37. The summed E-state index contributed by atoms with van der Waals surface area (Å²) in [5.74, 6) is 0.915. The second-order valence-corrected chi connectivity index (χ2v) is 5.95. The van der Waals surface area contributed by atoms with E-state index in [0.717, 1.165) is 16.7 Å². The number of hydrogen-bond acceptors (Lipinski definition) is 6. The average molecular weight is 354 g/mol. The fraction of sp³-hybridized carbons (Fsp3) is 0.200. The van der Waals surface area contributed by atoms with Crippen LogP contribution in [0.1, 0.15) is 16.7 Å². The summed E-state index contributed by atoms with van der Waals surface area (Å²) >= 11 is 0. The van der Waals surface area contributed by atoms with E-state index in [0.29, 0.717) is 11.1 Å². The molecule has 0 amide bonds. The van der Waals surface area contributed by atoms with Crippen LogP contribution >= 0.6 is 0 Å². The van der Waals surface area contributed by atoms with Crippen LogP contribution in [0.25, 0.3) is 11.0 Å². The zero-order valence-electron chi connectivity index (χ0n) is 14.9. The summed E-state index contributed by atoms with van der Waals surface area (Å²) in [5, 5.41) is 0.321. The Morgan fingerprint density at radius 2 is 1.81 bits per heavy atom. The maximum absolute atomic E-state index is 12.7. The molecule has 0 aliphatic heterocycles. The second-order valence-electron chi connectivity index (χ2n) is 5.95. The largest absolute Gasteiger partial charge is 0.513 e. The second kappa shape index (κ2) is 6.92. The summed E-state index contributed by atoms with van der Waals surface area (Å²) in [4.78, 5) is 23.9. The lowest BCUT2D eigenvalue weighted by molar-refractivity contribution is 0.121. The molecular weight excluding hydrogens is 336 g/mol. The minimum atomic E-state index is -0.850. The molecule has 1 aromatic heterocycles. The summed E-state index contributed by atoms with van der Waals surface area (Å²) in [6.45, 7) is 5.88. The first-order chi connectivity index (χ1) is 12.4. The molecule has 6 nitrogen and oxygen atoms in total. The van der Waals surface area contributed by atoms with E-state index in [1.165, 1.54) is 31.6 Å². The molecule has 0 N–H and O–H groups in total. The third-order valence-corrected chi connectivity index (χ3v) is 4.07. The molecule has 0 unspecified atom stereocenters. The SMILES string of the molecule is COC(=O)Oc1ccc2c(=O)c(Oc3cc(C)cc(C)c3C)coc2c1. The summed E-state index contributed by atoms with van der Waals surface area (Å²) < 4.78 is 20.7. The maximum atomic E-state index is 12.7. The fourth-order valence-corrected chi connectivity index (χ4v) is 2.59. The number of methoxy groups -OCH3 is 1. The van der Waals surface area contributed by atoms with Crippen LogP contribution in [0.15, 0.2) is 45.8 Å². The van der Waals surface area contributed by atoms with Crippen molar-refractivity contribution in [3.63, 3.8) is 0 Å². The van der Waals surface area contributed by atoms with Gasteiger partial charge in [0.05, 0.1) is 12.5 Å². The monoisotopic (exact) mass is 354 g/mol. The lowest BCUT2D eigenvalue weighted by Crippen LogP contribution is -2.08. The van der Waals surface area contributed by atoms with E-state index in [2.05, 4.69) is 4.74 Å². The van der Waals surface area contributed by atoms with E-state index < -0.39 is 6.16 Å². The quantitative estimate of drug-likeness (QED) is 0.503. The first-order valence-corrected chi connectivity index (χ1v) is 7.96. The molecule has 3 aromatic rings. The lowest BCUT2D eigenvalue weighted by atomic mass is 10.1. The molecule has 1 heterocycles. The maximum Gasteiger partial charge on any atom is 0.513 e. The van der Waals surface area contributed by atoms with Crippen LogP contribution in [-0.2, 0) is 4.74 Å². The molecule has 0 bridgehead atoms. The highest BCUT2D eigenvalue weighted by Crippen LogP contribution is 2.28. The third kappa shape index (κ3) is 3.39. The molecule has 0 fully saturated rings. The topological polar surface area (TPSA) is 75.0 Å². The highest BCUT2D eigenvalue weighted by atomic mass is 16.7. The summed E-state index contributed by atoms with van der Waals surface area (Å²) in [7, 11) is 1.21. The van der Waals surface area contributed by atoms with E-state index in [1.807, 2.05) is 32.9 Å². The fourth-order valence-electron chi connectivity index (χ4n) is 2.59. The number of fused-ring (bicyclic) bond motifs is 1. The Kier molecular flexibility index (Phi) is 4.67. The van der Waals surface area contributed by atoms with Crippen LogP contribution < -0.4 is 14.9 Å². The van der Waals surface area contributed by atoms with Crippen LogP contribution in [0.2, 0.25) is 0 Å². The van der Waals surface area contributed by atoms with Gasteiger partial charge in [-0.2, -0.15) is 0 Å². The molecule has 0 aliphatic carbocycles. The van der Waals surface area contributed by atoms with E-state index >= 15 is 0 Å². The van der Waals surface area contributed by atoms with Gasteiger partial charge >= 0.3 is 6.16 Å². The number of rotatable bonds is 3. The Hall–Kier alpha value is -3.28. The number of carbonyl (C=O) groups excluding carboxylic acids is 1. The Morgan fingerprint density at radius 3 is 2.54 bits per heavy atom. The number of aryl methyl sites for hydroxylation is 2. The van der Waals surface area contributed by atoms with Gasteiger partial charge < -0.3 is 18.6 Å². The van der Waals surface area contributed by atoms with Crippen molar-refractivity contribution in [3.05, 3.63) is 63.5 Å². The van der Waals surface area contributed by atoms with Crippen molar-refractivity contribution in [3.8, 4) is 17.2 Å². The first-order valence-electron chi connectivity index (χ1n) is 7.96. The van der Waals surface area contributed by atoms with Gasteiger partial charge in [0.1, 0.15) is 23.3 Å². The number of carbonyl (C=O) groups is 1. The van der Waals surface area contributed by atoms with Crippen LogP contribution in [0.5, 0.6) is 17.2 Å². The normalized spacial score (nSPS) is 10.6. The molecule has 0 aliphatic rings. The number of ether oxygens (including phenoxy) is 3. The van der Waals surface area contributed by atoms with Crippen LogP contribution in [0, 0.1) is 20.8 Å². The minimum Gasteiger partial charge on any atom is -0.460 e. The van der Waals surface area contributed by atoms with E-state index in [4.69, 9.17) is 13.9 Å². The van der Waals surface area contributed by atoms with Crippen molar-refractivity contribution in [1.82, 2.24) is 0 Å². The number of hydrogen-bond donors (Lipinski definition) is 0. The highest BCUT2D eigenvalue weighted by Gasteiger charge is 2.13. The molecule has 0 saturated carbocycles. The predicted molar refractivity (Wildman–Crippen MR) is 96.2 cm³/mol. The third-order valence-electron chi connectivity index (χ3n) is 4.07. The molecule has 0 atom stereocenters. The van der Waals surface area contributed by atoms with Gasteiger partial charge in [0.25, 0.3) is 0 Å². The number of benzene rings is 2. The van der Waals surface area contributed by atoms with Gasteiger partial charge in [-0.15, -0.1) is 0 Å². The van der Waals surface area contributed by atoms with E-state index in [9.17, 15) is 9.59 Å². The predicted octanol–water partition coefficient (Wildman–Crippen LogP) is 4.66. The molecule has 3 rings (SSSR count). The minimum absolute atomic E-state index is 0.0900. The van der Waals surface area contributed by atoms with Gasteiger partial charge in [-0.1, -0.05) is 6.07 Å². The molecular formula is C20H18O6. The van der Waals surface area contributed by atoms with Gasteiger partial charge in [-0.3, -0.25) is 4.79 Å². The van der Waals surface area contributed by atoms with Crippen molar-refractivity contribution in [2.24, 2.45) is 0 Å². The Bertz CT molecular complexity index is 1050. The first kappa shape index (κ1) is 17.5. The molecule has 26 heavy (non-hydrogen) atoms. The van der Waals surface area contributed by atoms with Crippen molar-refractivity contribution in [2.75, 3.05) is 7.11 Å². The smallest absolute Gasteiger partial charge is 0.460 e. The Morgan fingerprint density at radius 1 is 1.04 bits per heavy atom. The van der Waals surface area contributed by atoms with Gasteiger partial charge in [-0.25, -0.2) is 4.79 Å². The molecule has 0 spiro atoms. The standard InChI is InChI=1S/C20H18O6/c1-11-7-12(2)13(3)16(8-11)26-18-10-24-17-9-14(25-20(22)23-4)5-6-15(17)19(18)21/h5-10H,1-4H3. The van der Waals surface area contributed by atoms with E-state index in [1.54, 1.807) is 0 Å². The molecule has 6 heteroatoms. The summed E-state index contributed by atoms with van der Waals surface area (Å²) in [6.07, 6.45) is 0.404. The van der Waals surface area contributed by atoms with Gasteiger partial charge in [0.2, 0.25) is 11.2 Å². The van der Waals surface area contributed by atoms with Gasteiger partial charge in [0, 0.05) is 6.07 Å². The van der Waals surface area contributed by atoms with E-state index in [-0.39, 0.29) is 22.5 Å². The molecule has 0 radical (unpaired) electrons. The zero-order chi connectivity index (χ0) is 18.8. The Balaban J connectivity index is 1.99. The summed E-state index contributed by atoms with van der Waals surface area (Å²) in [5.41, 5.74) is 3.04. The Labute approximate surface area is 149 Å². The van der Waals surface area contributed by atoms with Crippen molar-refractivity contribution < 1.29 is 23.4 Å². The van der Waals surface area contributed by atoms with Gasteiger partial charge in [-0.05, 0) is 55.7 Å². The lowest BCUT2D eigenvalue weighted by Gasteiger charge is -2.11. The molecule has 2 aromatic carbocycles. The van der Waals surface area contributed by atoms with Crippen LogP contribution in [0.4, 0.5) is 4.79 Å².